The SMILES string of the molecule is O=[N+]([O-])c1ccc(O[C@H]2O[C@H](CO)[C@@H](O)[C@@H]2O)cc1. The van der Waals surface area contributed by atoms with E-state index in [9.17, 15) is 20.3 Å². The van der Waals surface area contributed by atoms with Crippen LogP contribution >= 0.6 is 0 Å². The molecule has 0 unspecified atom stereocenters. The molecule has 4 atom stereocenters. The molecule has 0 aliphatic carbocycles. The molecular formula is C11H13NO7. The zero-order chi connectivity index (χ0) is 14.0. The van der Waals surface area contributed by atoms with Gasteiger partial charge in [-0.25, -0.2) is 0 Å². The topological polar surface area (TPSA) is 122 Å². The van der Waals surface area contributed by atoms with Gasteiger partial charge in [0.2, 0.25) is 6.29 Å². The van der Waals surface area contributed by atoms with Gasteiger partial charge < -0.3 is 24.8 Å². The van der Waals surface area contributed by atoms with Gasteiger partial charge in [-0.2, -0.15) is 0 Å². The number of hydrogen-bond donors (Lipinski definition) is 3. The summed E-state index contributed by atoms with van der Waals surface area (Å²) in [4.78, 5) is 9.93. The monoisotopic (exact) mass is 271 g/mol. The van der Waals surface area contributed by atoms with Crippen molar-refractivity contribution in [2.45, 2.75) is 24.6 Å². The third-order valence-corrected chi connectivity index (χ3v) is 2.80. The summed E-state index contributed by atoms with van der Waals surface area (Å²) in [6.07, 6.45) is -4.59. The standard InChI is InChI=1S/C11H13NO7/c13-5-8-9(14)10(15)11(19-8)18-7-3-1-6(2-4-7)12(16)17/h1-4,8-11,13-15H,5H2/t8-,9-,10+,11+/m1/s1. The van der Waals surface area contributed by atoms with Crippen molar-refractivity contribution < 1.29 is 29.7 Å². The Hall–Kier alpha value is -1.74. The van der Waals surface area contributed by atoms with E-state index in [1.54, 1.807) is 0 Å². The molecule has 0 bridgehead atoms. The number of rotatable bonds is 4. The number of aliphatic hydroxyl groups excluding tert-OH is 3. The maximum Gasteiger partial charge on any atom is 0.269 e. The van der Waals surface area contributed by atoms with Crippen molar-refractivity contribution in [2.24, 2.45) is 0 Å². The second kappa shape index (κ2) is 5.49. The molecule has 19 heavy (non-hydrogen) atoms. The zero-order valence-electron chi connectivity index (χ0n) is 9.75. The lowest BCUT2D eigenvalue weighted by atomic mass is 10.1. The van der Waals surface area contributed by atoms with Crippen LogP contribution in [0.2, 0.25) is 0 Å². The minimum absolute atomic E-state index is 0.0893. The first-order chi connectivity index (χ1) is 9.02. The number of aliphatic hydroxyl groups is 3. The first kappa shape index (κ1) is 13.7. The van der Waals surface area contributed by atoms with Gasteiger partial charge in [0, 0.05) is 12.1 Å². The second-order valence-corrected chi connectivity index (χ2v) is 4.08. The van der Waals surface area contributed by atoms with E-state index < -0.39 is 36.1 Å². The number of hydrogen-bond acceptors (Lipinski definition) is 7. The smallest absolute Gasteiger partial charge is 0.269 e. The van der Waals surface area contributed by atoms with Gasteiger partial charge in [0.15, 0.2) is 0 Å². The van der Waals surface area contributed by atoms with Gasteiger partial charge in [-0.05, 0) is 12.1 Å². The normalized spacial score (nSPS) is 30.3. The molecule has 8 nitrogen and oxygen atoms in total. The van der Waals surface area contributed by atoms with Crippen molar-refractivity contribution in [3.05, 3.63) is 34.4 Å². The Labute approximate surface area is 108 Å². The predicted molar refractivity (Wildman–Crippen MR) is 61.5 cm³/mol. The summed E-state index contributed by atoms with van der Waals surface area (Å²) in [7, 11) is 0. The van der Waals surface area contributed by atoms with Gasteiger partial charge in [0.25, 0.3) is 5.69 Å². The van der Waals surface area contributed by atoms with E-state index in [0.29, 0.717) is 0 Å². The molecule has 2 rings (SSSR count). The lowest BCUT2D eigenvalue weighted by molar-refractivity contribution is -0.384. The number of benzene rings is 1. The van der Waals surface area contributed by atoms with E-state index in [2.05, 4.69) is 0 Å². The lowest BCUT2D eigenvalue weighted by Gasteiger charge is -2.16. The number of non-ortho nitro benzene ring substituents is 1. The molecule has 1 saturated heterocycles. The molecule has 1 aliphatic heterocycles. The molecule has 0 saturated carbocycles. The summed E-state index contributed by atoms with van der Waals surface area (Å²) >= 11 is 0. The average Bonchev–Trinajstić information content (AvgIpc) is 2.67. The number of nitro groups is 1. The molecule has 104 valence electrons. The first-order valence-electron chi connectivity index (χ1n) is 5.56. The second-order valence-electron chi connectivity index (χ2n) is 4.08. The average molecular weight is 271 g/mol. The van der Waals surface area contributed by atoms with Gasteiger partial charge in [0.1, 0.15) is 24.1 Å². The van der Waals surface area contributed by atoms with Crippen LogP contribution in [0.4, 0.5) is 5.69 Å². The predicted octanol–water partition coefficient (Wildman–Crippen LogP) is -0.587. The van der Waals surface area contributed by atoms with E-state index in [0.717, 1.165) is 0 Å². The lowest BCUT2D eigenvalue weighted by Crippen LogP contribution is -2.35. The molecule has 0 aromatic heterocycles. The van der Waals surface area contributed by atoms with Gasteiger partial charge in [-0.3, -0.25) is 10.1 Å². The largest absolute Gasteiger partial charge is 0.462 e. The highest BCUT2D eigenvalue weighted by Crippen LogP contribution is 2.25. The molecule has 0 amide bonds. The van der Waals surface area contributed by atoms with Crippen molar-refractivity contribution in [3.63, 3.8) is 0 Å². The van der Waals surface area contributed by atoms with Crippen molar-refractivity contribution in [1.29, 1.82) is 0 Å². The minimum Gasteiger partial charge on any atom is -0.462 e. The van der Waals surface area contributed by atoms with Crippen LogP contribution in [0, 0.1) is 10.1 Å². The van der Waals surface area contributed by atoms with Crippen LogP contribution in [-0.4, -0.2) is 51.5 Å². The van der Waals surface area contributed by atoms with E-state index in [-0.39, 0.29) is 11.4 Å². The fourth-order valence-electron chi connectivity index (χ4n) is 1.74. The maximum atomic E-state index is 10.5. The van der Waals surface area contributed by atoms with Crippen LogP contribution < -0.4 is 4.74 Å². The number of ether oxygens (including phenoxy) is 2. The molecule has 1 heterocycles. The minimum atomic E-state index is -1.30. The van der Waals surface area contributed by atoms with Gasteiger partial charge >= 0.3 is 0 Å². The van der Waals surface area contributed by atoms with Crippen LogP contribution in [0.15, 0.2) is 24.3 Å². The maximum absolute atomic E-state index is 10.5. The Morgan fingerprint density at radius 2 is 1.89 bits per heavy atom. The van der Waals surface area contributed by atoms with Gasteiger partial charge in [-0.15, -0.1) is 0 Å². The van der Waals surface area contributed by atoms with Gasteiger partial charge in [0.05, 0.1) is 11.5 Å². The first-order valence-corrected chi connectivity index (χ1v) is 5.56. The summed E-state index contributed by atoms with van der Waals surface area (Å²) in [5.74, 6) is 0.250. The van der Waals surface area contributed by atoms with Crippen LogP contribution in [-0.2, 0) is 4.74 Å². The van der Waals surface area contributed by atoms with Crippen molar-refractivity contribution in [2.75, 3.05) is 6.61 Å². The fourth-order valence-corrected chi connectivity index (χ4v) is 1.74. The van der Waals surface area contributed by atoms with E-state index >= 15 is 0 Å². The third-order valence-electron chi connectivity index (χ3n) is 2.80. The zero-order valence-corrected chi connectivity index (χ0v) is 9.75. The Morgan fingerprint density at radius 3 is 2.37 bits per heavy atom. The van der Waals surface area contributed by atoms with Crippen molar-refractivity contribution in [1.82, 2.24) is 0 Å². The molecule has 8 heteroatoms. The van der Waals surface area contributed by atoms with Crippen LogP contribution in [0.1, 0.15) is 0 Å². The third kappa shape index (κ3) is 2.82. The summed E-state index contributed by atoms with van der Waals surface area (Å²) in [5, 5.41) is 38.5. The Kier molecular flexibility index (Phi) is 3.96. The Balaban J connectivity index is 2.03. The molecule has 1 aromatic rings. The number of nitrogens with zero attached hydrogens (tertiary/aromatic N) is 1. The quantitative estimate of drug-likeness (QED) is 0.494. The highest BCUT2D eigenvalue weighted by Gasteiger charge is 2.43. The van der Waals surface area contributed by atoms with E-state index in [4.69, 9.17) is 14.6 Å². The van der Waals surface area contributed by atoms with E-state index in [1.807, 2.05) is 0 Å². The number of nitro benzene ring substituents is 1. The van der Waals surface area contributed by atoms with Crippen LogP contribution in [0.3, 0.4) is 0 Å². The van der Waals surface area contributed by atoms with Crippen LogP contribution in [0.5, 0.6) is 5.75 Å². The molecular weight excluding hydrogens is 258 g/mol. The highest BCUT2D eigenvalue weighted by molar-refractivity contribution is 5.36. The highest BCUT2D eigenvalue weighted by atomic mass is 16.7. The molecule has 1 aromatic carbocycles. The summed E-state index contributed by atoms with van der Waals surface area (Å²) in [6.45, 7) is -0.446. The Bertz CT molecular complexity index is 449. The molecule has 3 N–H and O–H groups in total. The van der Waals surface area contributed by atoms with Crippen LogP contribution in [0.25, 0.3) is 0 Å². The molecule has 0 spiro atoms. The van der Waals surface area contributed by atoms with Gasteiger partial charge in [-0.1, -0.05) is 0 Å². The fraction of sp³-hybridized carbons (Fsp3) is 0.455. The summed E-state index contributed by atoms with van der Waals surface area (Å²) < 4.78 is 10.4. The van der Waals surface area contributed by atoms with Crippen molar-refractivity contribution in [3.8, 4) is 5.75 Å². The molecule has 1 fully saturated rings. The van der Waals surface area contributed by atoms with Crippen molar-refractivity contribution >= 4 is 5.69 Å². The van der Waals surface area contributed by atoms with E-state index in [1.165, 1.54) is 24.3 Å². The summed E-state index contributed by atoms with van der Waals surface area (Å²) in [5.41, 5.74) is -0.0893. The molecule has 1 aliphatic rings. The Morgan fingerprint density at radius 1 is 1.26 bits per heavy atom. The summed E-state index contributed by atoms with van der Waals surface area (Å²) in [6, 6.07) is 5.20. The molecule has 0 radical (unpaired) electrons.